The molecule has 0 radical (unpaired) electrons. The molecule has 0 saturated carbocycles. The van der Waals surface area contributed by atoms with Gasteiger partial charge in [-0.15, -0.1) is 10.2 Å². The third-order valence-electron chi connectivity index (χ3n) is 3.11. The maximum Gasteiger partial charge on any atom is 0.222 e. The standard InChI is InChI=1S/C16H16N4/c1-12-7-9-13(10-8-12)11-17-16-18-15(19-20-16)14-5-3-2-4-6-14/h2-10H,11H2,1H3,(H2,17,18,19,20). The highest BCUT2D eigenvalue weighted by atomic mass is 15.3. The molecule has 3 rings (SSSR count). The van der Waals surface area contributed by atoms with Gasteiger partial charge in [-0.05, 0) is 12.5 Å². The van der Waals surface area contributed by atoms with E-state index in [2.05, 4.69) is 51.7 Å². The van der Waals surface area contributed by atoms with Crippen LogP contribution in [0.25, 0.3) is 11.4 Å². The monoisotopic (exact) mass is 264 g/mol. The Kier molecular flexibility index (Phi) is 3.46. The number of nitrogens with zero attached hydrogens (tertiary/aromatic N) is 2. The molecule has 3 aromatic rings. The summed E-state index contributed by atoms with van der Waals surface area (Å²) in [7, 11) is 0. The average molecular weight is 264 g/mol. The smallest absolute Gasteiger partial charge is 0.222 e. The van der Waals surface area contributed by atoms with E-state index < -0.39 is 0 Å². The fraction of sp³-hybridized carbons (Fsp3) is 0.125. The molecule has 0 amide bonds. The quantitative estimate of drug-likeness (QED) is 0.759. The fourth-order valence-electron chi connectivity index (χ4n) is 1.96. The molecule has 4 nitrogen and oxygen atoms in total. The number of anilines is 1. The first-order chi connectivity index (χ1) is 9.81. The molecular weight excluding hydrogens is 248 g/mol. The van der Waals surface area contributed by atoms with Crippen LogP contribution in [0.15, 0.2) is 54.6 Å². The van der Waals surface area contributed by atoms with E-state index in [0.29, 0.717) is 5.95 Å². The van der Waals surface area contributed by atoms with Gasteiger partial charge in [0.2, 0.25) is 5.95 Å². The van der Waals surface area contributed by atoms with Crippen molar-refractivity contribution in [3.8, 4) is 11.4 Å². The summed E-state index contributed by atoms with van der Waals surface area (Å²) in [5.41, 5.74) is 3.51. The predicted octanol–water partition coefficient (Wildman–Crippen LogP) is 3.39. The fourth-order valence-corrected chi connectivity index (χ4v) is 1.96. The molecule has 0 aliphatic rings. The SMILES string of the molecule is Cc1ccc(CNc2nnc(-c3ccccc3)[nH]2)cc1. The zero-order valence-electron chi connectivity index (χ0n) is 11.3. The van der Waals surface area contributed by atoms with Crippen LogP contribution in [0, 0.1) is 6.92 Å². The van der Waals surface area contributed by atoms with E-state index in [-0.39, 0.29) is 0 Å². The molecule has 0 fully saturated rings. The number of nitrogens with one attached hydrogen (secondary N) is 2. The van der Waals surface area contributed by atoms with Crippen LogP contribution in [0.2, 0.25) is 0 Å². The van der Waals surface area contributed by atoms with Gasteiger partial charge in [0.05, 0.1) is 0 Å². The Balaban J connectivity index is 1.67. The van der Waals surface area contributed by atoms with Crippen molar-refractivity contribution in [2.75, 3.05) is 5.32 Å². The molecule has 0 unspecified atom stereocenters. The second-order valence-electron chi connectivity index (χ2n) is 4.73. The number of hydrogen-bond donors (Lipinski definition) is 2. The molecule has 2 aromatic carbocycles. The normalized spacial score (nSPS) is 10.4. The number of rotatable bonds is 4. The summed E-state index contributed by atoms with van der Waals surface area (Å²) in [6.45, 7) is 2.81. The topological polar surface area (TPSA) is 53.6 Å². The maximum atomic E-state index is 4.14. The highest BCUT2D eigenvalue weighted by molar-refractivity contribution is 5.55. The van der Waals surface area contributed by atoms with Gasteiger partial charge in [0, 0.05) is 12.1 Å². The molecule has 0 aliphatic carbocycles. The minimum absolute atomic E-state index is 0.685. The highest BCUT2D eigenvalue weighted by Gasteiger charge is 2.04. The zero-order chi connectivity index (χ0) is 13.8. The number of benzene rings is 2. The molecule has 4 heteroatoms. The summed E-state index contributed by atoms with van der Waals surface area (Å²) in [5, 5.41) is 11.5. The number of hydrogen-bond acceptors (Lipinski definition) is 3. The lowest BCUT2D eigenvalue weighted by Crippen LogP contribution is -2.00. The van der Waals surface area contributed by atoms with Crippen LogP contribution in [0.5, 0.6) is 0 Å². The van der Waals surface area contributed by atoms with Crippen molar-refractivity contribution >= 4 is 5.95 Å². The first kappa shape index (κ1) is 12.4. The molecule has 1 aromatic heterocycles. The Morgan fingerprint density at radius 1 is 0.950 bits per heavy atom. The van der Waals surface area contributed by atoms with E-state index in [4.69, 9.17) is 0 Å². The van der Waals surface area contributed by atoms with Gasteiger partial charge in [0.25, 0.3) is 0 Å². The van der Waals surface area contributed by atoms with Crippen LogP contribution < -0.4 is 5.32 Å². The van der Waals surface area contributed by atoms with Crippen LogP contribution in [-0.4, -0.2) is 15.2 Å². The van der Waals surface area contributed by atoms with E-state index in [0.717, 1.165) is 17.9 Å². The van der Waals surface area contributed by atoms with E-state index >= 15 is 0 Å². The van der Waals surface area contributed by atoms with Crippen molar-refractivity contribution in [1.82, 2.24) is 15.2 Å². The summed E-state index contributed by atoms with van der Waals surface area (Å²) >= 11 is 0. The molecular formula is C16H16N4. The van der Waals surface area contributed by atoms with Gasteiger partial charge in [0.1, 0.15) is 0 Å². The van der Waals surface area contributed by atoms with Gasteiger partial charge < -0.3 is 10.3 Å². The Labute approximate surface area is 117 Å². The minimum atomic E-state index is 0.685. The lowest BCUT2D eigenvalue weighted by Gasteiger charge is -2.02. The minimum Gasteiger partial charge on any atom is -0.350 e. The number of aryl methyl sites for hydroxylation is 1. The highest BCUT2D eigenvalue weighted by Crippen LogP contribution is 2.15. The van der Waals surface area contributed by atoms with Crippen molar-refractivity contribution in [3.05, 3.63) is 65.7 Å². The summed E-state index contributed by atoms with van der Waals surface area (Å²) in [4.78, 5) is 3.18. The van der Waals surface area contributed by atoms with Gasteiger partial charge in [-0.2, -0.15) is 0 Å². The van der Waals surface area contributed by atoms with Gasteiger partial charge in [-0.1, -0.05) is 60.2 Å². The van der Waals surface area contributed by atoms with Crippen molar-refractivity contribution in [3.63, 3.8) is 0 Å². The third-order valence-corrected chi connectivity index (χ3v) is 3.11. The van der Waals surface area contributed by atoms with Crippen molar-refractivity contribution in [2.45, 2.75) is 13.5 Å². The second kappa shape index (κ2) is 5.57. The summed E-state index contributed by atoms with van der Waals surface area (Å²) in [6.07, 6.45) is 0. The van der Waals surface area contributed by atoms with Gasteiger partial charge in [-0.3, -0.25) is 0 Å². The van der Waals surface area contributed by atoms with Crippen molar-refractivity contribution in [2.24, 2.45) is 0 Å². The number of H-pyrrole nitrogens is 1. The zero-order valence-corrected chi connectivity index (χ0v) is 11.3. The molecule has 1 heterocycles. The van der Waals surface area contributed by atoms with Gasteiger partial charge in [0.15, 0.2) is 5.82 Å². The first-order valence-electron chi connectivity index (χ1n) is 6.59. The van der Waals surface area contributed by atoms with E-state index in [1.807, 2.05) is 30.3 Å². The van der Waals surface area contributed by atoms with Crippen LogP contribution >= 0.6 is 0 Å². The van der Waals surface area contributed by atoms with E-state index in [1.165, 1.54) is 11.1 Å². The molecule has 100 valence electrons. The van der Waals surface area contributed by atoms with Crippen molar-refractivity contribution in [1.29, 1.82) is 0 Å². The summed E-state index contributed by atoms with van der Waals surface area (Å²) in [6, 6.07) is 18.4. The Morgan fingerprint density at radius 2 is 1.70 bits per heavy atom. The summed E-state index contributed by atoms with van der Waals surface area (Å²) < 4.78 is 0. The lowest BCUT2D eigenvalue weighted by molar-refractivity contribution is 1.04. The lowest BCUT2D eigenvalue weighted by atomic mass is 10.1. The first-order valence-corrected chi connectivity index (χ1v) is 6.59. The molecule has 20 heavy (non-hydrogen) atoms. The second-order valence-corrected chi connectivity index (χ2v) is 4.73. The van der Waals surface area contributed by atoms with Gasteiger partial charge >= 0.3 is 0 Å². The molecule has 0 bridgehead atoms. The molecule has 0 atom stereocenters. The van der Waals surface area contributed by atoms with Crippen LogP contribution in [-0.2, 0) is 6.54 Å². The molecule has 0 saturated heterocycles. The van der Waals surface area contributed by atoms with E-state index in [1.54, 1.807) is 0 Å². The third kappa shape index (κ3) is 2.85. The van der Waals surface area contributed by atoms with Crippen LogP contribution in [0.1, 0.15) is 11.1 Å². The van der Waals surface area contributed by atoms with Crippen LogP contribution in [0.3, 0.4) is 0 Å². The Bertz CT molecular complexity index is 671. The average Bonchev–Trinajstić information content (AvgIpc) is 2.97. The number of aromatic nitrogens is 3. The van der Waals surface area contributed by atoms with Crippen molar-refractivity contribution < 1.29 is 0 Å². The molecule has 0 aliphatic heterocycles. The molecule has 2 N–H and O–H groups in total. The van der Waals surface area contributed by atoms with Crippen LogP contribution in [0.4, 0.5) is 5.95 Å². The van der Waals surface area contributed by atoms with Gasteiger partial charge in [-0.25, -0.2) is 0 Å². The largest absolute Gasteiger partial charge is 0.350 e. The van der Waals surface area contributed by atoms with E-state index in [9.17, 15) is 0 Å². The Hall–Kier alpha value is -2.62. The Morgan fingerprint density at radius 3 is 2.45 bits per heavy atom. The maximum absolute atomic E-state index is 4.14. The molecule has 0 spiro atoms. The summed E-state index contributed by atoms with van der Waals surface area (Å²) in [5.74, 6) is 1.46. The number of aromatic amines is 1. The predicted molar refractivity (Wildman–Crippen MR) is 80.3 cm³/mol.